The Morgan fingerprint density at radius 3 is 2.17 bits per heavy atom. The van der Waals surface area contributed by atoms with Gasteiger partial charge in [0.05, 0.1) is 0 Å². The monoisotopic (exact) mass is 255 g/mol. The fourth-order valence-electron chi connectivity index (χ4n) is 2.64. The van der Waals surface area contributed by atoms with Crippen LogP contribution < -0.4 is 0 Å². The summed E-state index contributed by atoms with van der Waals surface area (Å²) in [5.74, 6) is -0.479. The topological polar surface area (TPSA) is 57.6 Å². The van der Waals surface area contributed by atoms with Gasteiger partial charge in [-0.3, -0.25) is 9.59 Å². The quantitative estimate of drug-likeness (QED) is 0.768. The van der Waals surface area contributed by atoms with Crippen molar-refractivity contribution in [3.8, 4) is 0 Å². The molecule has 1 fully saturated rings. The second-order valence-corrected chi connectivity index (χ2v) is 5.57. The van der Waals surface area contributed by atoms with Gasteiger partial charge in [0, 0.05) is 12.5 Å². The third kappa shape index (κ3) is 5.07. The lowest BCUT2D eigenvalue weighted by Gasteiger charge is -2.26. The molecule has 4 nitrogen and oxygen atoms in total. The Balaban J connectivity index is 2.51. The highest BCUT2D eigenvalue weighted by Gasteiger charge is 2.23. The maximum Gasteiger partial charge on any atom is 0.323 e. The van der Waals surface area contributed by atoms with E-state index >= 15 is 0 Å². The average Bonchev–Trinajstić information content (AvgIpc) is 2.53. The molecule has 0 bridgehead atoms. The summed E-state index contributed by atoms with van der Waals surface area (Å²) in [6, 6.07) is -0.0422. The Bertz CT molecular complexity index is 281. The summed E-state index contributed by atoms with van der Waals surface area (Å²) in [7, 11) is 0. The number of carboxylic acids is 1. The molecular formula is C14H25NO3. The molecule has 0 aliphatic heterocycles. The minimum atomic E-state index is -0.932. The van der Waals surface area contributed by atoms with Crippen molar-refractivity contribution in [2.75, 3.05) is 6.54 Å². The van der Waals surface area contributed by atoms with Crippen LogP contribution in [0.1, 0.15) is 58.8 Å². The van der Waals surface area contributed by atoms with E-state index in [2.05, 4.69) is 0 Å². The largest absolute Gasteiger partial charge is 0.480 e. The van der Waals surface area contributed by atoms with Gasteiger partial charge in [0.25, 0.3) is 0 Å². The van der Waals surface area contributed by atoms with E-state index < -0.39 is 5.97 Å². The molecule has 1 amide bonds. The lowest BCUT2D eigenvalue weighted by Crippen LogP contribution is -2.41. The smallest absolute Gasteiger partial charge is 0.323 e. The van der Waals surface area contributed by atoms with Gasteiger partial charge in [-0.1, -0.05) is 25.7 Å². The van der Waals surface area contributed by atoms with Gasteiger partial charge in [-0.25, -0.2) is 0 Å². The molecule has 1 rings (SSSR count). The molecule has 0 radical (unpaired) electrons. The highest BCUT2D eigenvalue weighted by Crippen LogP contribution is 2.26. The molecule has 18 heavy (non-hydrogen) atoms. The van der Waals surface area contributed by atoms with E-state index in [4.69, 9.17) is 5.11 Å². The van der Waals surface area contributed by atoms with Crippen LogP contribution in [-0.2, 0) is 9.59 Å². The van der Waals surface area contributed by atoms with E-state index in [1.165, 1.54) is 30.6 Å². The number of amides is 1. The standard InChI is InChI=1S/C14H25NO3/c1-11(2)15(10-14(17)18)13(16)9-12-7-5-3-4-6-8-12/h11-12H,3-10H2,1-2H3,(H,17,18). The molecule has 4 heteroatoms. The van der Waals surface area contributed by atoms with Crippen molar-refractivity contribution in [2.24, 2.45) is 5.92 Å². The van der Waals surface area contributed by atoms with Gasteiger partial charge in [0.2, 0.25) is 5.91 Å². The Morgan fingerprint density at radius 1 is 1.17 bits per heavy atom. The Morgan fingerprint density at radius 2 is 1.72 bits per heavy atom. The molecule has 0 unspecified atom stereocenters. The number of nitrogens with zero attached hydrogens (tertiary/aromatic N) is 1. The summed E-state index contributed by atoms with van der Waals surface area (Å²) in [5, 5.41) is 8.84. The van der Waals surface area contributed by atoms with Crippen molar-refractivity contribution in [3.63, 3.8) is 0 Å². The highest BCUT2D eigenvalue weighted by atomic mass is 16.4. The number of carboxylic acid groups (broad SMARTS) is 1. The third-order valence-electron chi connectivity index (χ3n) is 3.69. The first-order valence-electron chi connectivity index (χ1n) is 7.02. The van der Waals surface area contributed by atoms with Crippen LogP contribution >= 0.6 is 0 Å². The Labute approximate surface area is 109 Å². The van der Waals surface area contributed by atoms with Crippen LogP contribution in [0.25, 0.3) is 0 Å². The Kier molecular flexibility index (Phi) is 6.16. The molecule has 0 atom stereocenters. The van der Waals surface area contributed by atoms with Crippen LogP contribution in [0, 0.1) is 5.92 Å². The molecule has 1 saturated carbocycles. The van der Waals surface area contributed by atoms with Gasteiger partial charge >= 0.3 is 5.97 Å². The number of rotatable bonds is 5. The molecule has 0 saturated heterocycles. The first-order chi connectivity index (χ1) is 8.50. The minimum absolute atomic E-state index is 0.000648. The van der Waals surface area contributed by atoms with Crippen molar-refractivity contribution < 1.29 is 14.7 Å². The van der Waals surface area contributed by atoms with Crippen LogP contribution in [0.4, 0.5) is 0 Å². The molecule has 1 aliphatic carbocycles. The minimum Gasteiger partial charge on any atom is -0.480 e. The van der Waals surface area contributed by atoms with Crippen LogP contribution in [0.5, 0.6) is 0 Å². The van der Waals surface area contributed by atoms with Crippen LogP contribution in [0.2, 0.25) is 0 Å². The predicted molar refractivity (Wildman–Crippen MR) is 70.3 cm³/mol. The summed E-state index contributed by atoms with van der Waals surface area (Å²) in [6.45, 7) is 3.56. The van der Waals surface area contributed by atoms with Gasteiger partial charge in [0.15, 0.2) is 0 Å². The SMILES string of the molecule is CC(C)N(CC(=O)O)C(=O)CC1CCCCCC1. The number of hydrogen-bond donors (Lipinski definition) is 1. The van der Waals surface area contributed by atoms with Gasteiger partial charge in [0.1, 0.15) is 6.54 Å². The second-order valence-electron chi connectivity index (χ2n) is 5.57. The lowest BCUT2D eigenvalue weighted by atomic mass is 9.96. The lowest BCUT2D eigenvalue weighted by molar-refractivity contribution is -0.146. The number of carbonyl (C=O) groups is 2. The predicted octanol–water partition coefficient (Wildman–Crippen LogP) is 2.67. The summed E-state index contributed by atoms with van der Waals surface area (Å²) in [5.41, 5.74) is 0. The second kappa shape index (κ2) is 7.39. The molecule has 0 spiro atoms. The zero-order valence-electron chi connectivity index (χ0n) is 11.5. The first-order valence-corrected chi connectivity index (χ1v) is 7.02. The van der Waals surface area contributed by atoms with Crippen LogP contribution in [0.15, 0.2) is 0 Å². The number of aliphatic carboxylic acids is 1. The van der Waals surface area contributed by atoms with Gasteiger partial charge in [-0.15, -0.1) is 0 Å². The van der Waals surface area contributed by atoms with Gasteiger partial charge in [-0.2, -0.15) is 0 Å². The summed E-state index contributed by atoms with van der Waals surface area (Å²) in [4.78, 5) is 24.4. The van der Waals surface area contributed by atoms with E-state index in [0.717, 1.165) is 12.8 Å². The third-order valence-corrected chi connectivity index (χ3v) is 3.69. The molecule has 1 aliphatic rings. The molecule has 1 N–H and O–H groups in total. The Hall–Kier alpha value is -1.06. The van der Waals surface area contributed by atoms with E-state index in [-0.39, 0.29) is 18.5 Å². The zero-order chi connectivity index (χ0) is 13.5. The average molecular weight is 255 g/mol. The summed E-state index contributed by atoms with van der Waals surface area (Å²) < 4.78 is 0. The van der Waals surface area contributed by atoms with E-state index in [0.29, 0.717) is 12.3 Å². The molecule has 0 heterocycles. The molecule has 0 aromatic carbocycles. The highest BCUT2D eigenvalue weighted by molar-refractivity contribution is 5.81. The first kappa shape index (κ1) is 15.0. The van der Waals surface area contributed by atoms with Crippen molar-refractivity contribution in [2.45, 2.75) is 64.8 Å². The zero-order valence-corrected chi connectivity index (χ0v) is 11.5. The molecule has 0 aromatic heterocycles. The summed E-state index contributed by atoms with van der Waals surface area (Å²) in [6.07, 6.45) is 7.71. The van der Waals surface area contributed by atoms with Gasteiger partial charge < -0.3 is 10.0 Å². The number of carbonyl (C=O) groups excluding carboxylic acids is 1. The van der Waals surface area contributed by atoms with Crippen molar-refractivity contribution in [1.29, 1.82) is 0 Å². The van der Waals surface area contributed by atoms with Crippen molar-refractivity contribution in [3.05, 3.63) is 0 Å². The van der Waals surface area contributed by atoms with Crippen LogP contribution in [-0.4, -0.2) is 34.5 Å². The van der Waals surface area contributed by atoms with Crippen molar-refractivity contribution >= 4 is 11.9 Å². The van der Waals surface area contributed by atoms with E-state index in [9.17, 15) is 9.59 Å². The number of hydrogen-bond acceptors (Lipinski definition) is 2. The maximum absolute atomic E-state index is 12.2. The fourth-order valence-corrected chi connectivity index (χ4v) is 2.64. The van der Waals surface area contributed by atoms with Gasteiger partial charge in [-0.05, 0) is 32.6 Å². The molecular weight excluding hydrogens is 230 g/mol. The molecule has 0 aromatic rings. The van der Waals surface area contributed by atoms with E-state index in [1.807, 2.05) is 13.8 Å². The van der Waals surface area contributed by atoms with Crippen LogP contribution in [0.3, 0.4) is 0 Å². The molecule has 104 valence electrons. The summed E-state index contributed by atoms with van der Waals surface area (Å²) >= 11 is 0. The van der Waals surface area contributed by atoms with E-state index in [1.54, 1.807) is 0 Å². The fraction of sp³-hybridized carbons (Fsp3) is 0.857. The van der Waals surface area contributed by atoms with Crippen molar-refractivity contribution in [1.82, 2.24) is 4.90 Å². The normalized spacial score (nSPS) is 17.5. The maximum atomic E-state index is 12.2.